The lowest BCUT2D eigenvalue weighted by molar-refractivity contribution is -0.115. The summed E-state index contributed by atoms with van der Waals surface area (Å²) in [5.41, 5.74) is 2.21. The van der Waals surface area contributed by atoms with Crippen molar-refractivity contribution in [2.75, 3.05) is 5.32 Å². The molecule has 1 unspecified atom stereocenters. The van der Waals surface area contributed by atoms with Gasteiger partial charge in [0.2, 0.25) is 5.91 Å². The molecule has 4 heteroatoms. The van der Waals surface area contributed by atoms with Crippen molar-refractivity contribution in [2.45, 2.75) is 44.1 Å². The molecule has 3 nitrogen and oxygen atoms in total. The maximum absolute atomic E-state index is 12.2. The van der Waals surface area contributed by atoms with E-state index in [4.69, 9.17) is 4.42 Å². The van der Waals surface area contributed by atoms with E-state index in [0.29, 0.717) is 5.75 Å². The van der Waals surface area contributed by atoms with E-state index in [1.807, 2.05) is 31.2 Å². The smallest absolute Gasteiger partial charge is 0.237 e. The maximum atomic E-state index is 12.2. The number of rotatable bonds is 5. The second kappa shape index (κ2) is 7.05. The summed E-state index contributed by atoms with van der Waals surface area (Å²) in [6, 6.07) is 11.8. The fourth-order valence-electron chi connectivity index (χ4n) is 1.97. The highest BCUT2D eigenvalue weighted by molar-refractivity contribution is 7.99. The molecule has 1 aromatic carbocycles. The third-order valence-corrected chi connectivity index (χ3v) is 4.61. The zero-order valence-corrected chi connectivity index (χ0v) is 14.4. The van der Waals surface area contributed by atoms with Crippen LogP contribution >= 0.6 is 11.8 Å². The van der Waals surface area contributed by atoms with Gasteiger partial charge in [-0.25, -0.2) is 0 Å². The molecule has 0 aliphatic carbocycles. The average Bonchev–Trinajstić information content (AvgIpc) is 2.97. The Morgan fingerprint density at radius 3 is 2.45 bits per heavy atom. The first-order valence-corrected chi connectivity index (χ1v) is 8.46. The van der Waals surface area contributed by atoms with Crippen LogP contribution < -0.4 is 5.32 Å². The van der Waals surface area contributed by atoms with Crippen molar-refractivity contribution in [3.8, 4) is 0 Å². The number of benzene rings is 1. The SMILES string of the molecule is CC(SCc1ccco1)C(=O)Nc1ccc(C(C)(C)C)cc1. The van der Waals surface area contributed by atoms with Gasteiger partial charge in [-0.05, 0) is 42.2 Å². The molecule has 0 spiro atoms. The van der Waals surface area contributed by atoms with E-state index in [2.05, 4.69) is 38.2 Å². The lowest BCUT2D eigenvalue weighted by Crippen LogP contribution is -2.22. The van der Waals surface area contributed by atoms with Crippen molar-refractivity contribution in [3.05, 3.63) is 54.0 Å². The third-order valence-electron chi connectivity index (χ3n) is 3.44. The van der Waals surface area contributed by atoms with Gasteiger partial charge >= 0.3 is 0 Å². The average molecular weight is 317 g/mol. The van der Waals surface area contributed by atoms with Crippen molar-refractivity contribution in [1.82, 2.24) is 0 Å². The molecular formula is C18H23NO2S. The number of hydrogen-bond acceptors (Lipinski definition) is 3. The van der Waals surface area contributed by atoms with E-state index in [0.717, 1.165) is 11.4 Å². The molecular weight excluding hydrogens is 294 g/mol. The Morgan fingerprint density at radius 2 is 1.91 bits per heavy atom. The summed E-state index contributed by atoms with van der Waals surface area (Å²) in [5.74, 6) is 1.60. The molecule has 1 atom stereocenters. The highest BCUT2D eigenvalue weighted by Crippen LogP contribution is 2.24. The highest BCUT2D eigenvalue weighted by Gasteiger charge is 2.16. The standard InChI is InChI=1S/C18H23NO2S/c1-13(22-12-16-6-5-11-21-16)17(20)19-15-9-7-14(8-10-15)18(2,3)4/h5-11,13H,12H2,1-4H3,(H,19,20). The molecule has 0 saturated heterocycles. The molecule has 0 bridgehead atoms. The van der Waals surface area contributed by atoms with Crippen LogP contribution in [0.2, 0.25) is 0 Å². The largest absolute Gasteiger partial charge is 0.468 e. The number of anilines is 1. The fraction of sp³-hybridized carbons (Fsp3) is 0.389. The van der Waals surface area contributed by atoms with Crippen molar-refractivity contribution in [3.63, 3.8) is 0 Å². The Morgan fingerprint density at radius 1 is 1.23 bits per heavy atom. The predicted molar refractivity (Wildman–Crippen MR) is 93.2 cm³/mol. The number of carbonyl (C=O) groups is 1. The summed E-state index contributed by atoms with van der Waals surface area (Å²) >= 11 is 1.56. The van der Waals surface area contributed by atoms with Crippen LogP contribution in [0.15, 0.2) is 47.1 Å². The second-order valence-corrected chi connectivity index (χ2v) is 7.68. The van der Waals surface area contributed by atoms with Crippen LogP contribution in [0.25, 0.3) is 0 Å². The number of nitrogens with one attached hydrogen (secondary N) is 1. The van der Waals surface area contributed by atoms with Gasteiger partial charge in [0.25, 0.3) is 0 Å². The van der Waals surface area contributed by atoms with Gasteiger partial charge in [-0.3, -0.25) is 4.79 Å². The molecule has 1 aromatic heterocycles. The molecule has 1 heterocycles. The molecule has 1 N–H and O–H groups in total. The quantitative estimate of drug-likeness (QED) is 0.858. The Bertz CT molecular complexity index is 597. The number of hydrogen-bond donors (Lipinski definition) is 1. The Hall–Kier alpha value is -1.68. The zero-order chi connectivity index (χ0) is 16.2. The van der Waals surface area contributed by atoms with Gasteiger partial charge in [-0.1, -0.05) is 32.9 Å². The summed E-state index contributed by atoms with van der Waals surface area (Å²) in [6.45, 7) is 8.43. The molecule has 0 aliphatic rings. The minimum absolute atomic E-state index is 0.0139. The lowest BCUT2D eigenvalue weighted by Gasteiger charge is -2.19. The highest BCUT2D eigenvalue weighted by atomic mass is 32.2. The summed E-state index contributed by atoms with van der Waals surface area (Å²) in [4.78, 5) is 12.2. The van der Waals surface area contributed by atoms with Crippen LogP contribution in [-0.2, 0) is 16.0 Å². The van der Waals surface area contributed by atoms with Crippen molar-refractivity contribution >= 4 is 23.4 Å². The van der Waals surface area contributed by atoms with Crippen LogP contribution in [-0.4, -0.2) is 11.2 Å². The molecule has 2 aromatic rings. The molecule has 1 amide bonds. The van der Waals surface area contributed by atoms with Gasteiger partial charge in [0.1, 0.15) is 5.76 Å². The summed E-state index contributed by atoms with van der Waals surface area (Å²) in [6.07, 6.45) is 1.65. The minimum Gasteiger partial charge on any atom is -0.468 e. The number of carbonyl (C=O) groups excluding carboxylic acids is 1. The first-order valence-electron chi connectivity index (χ1n) is 7.41. The molecule has 22 heavy (non-hydrogen) atoms. The molecule has 0 radical (unpaired) electrons. The van der Waals surface area contributed by atoms with Gasteiger partial charge in [-0.2, -0.15) is 0 Å². The van der Waals surface area contributed by atoms with E-state index in [1.165, 1.54) is 5.56 Å². The van der Waals surface area contributed by atoms with E-state index in [1.54, 1.807) is 18.0 Å². The van der Waals surface area contributed by atoms with E-state index >= 15 is 0 Å². The van der Waals surface area contributed by atoms with E-state index < -0.39 is 0 Å². The van der Waals surface area contributed by atoms with Crippen LogP contribution in [0, 0.1) is 0 Å². The number of furan rings is 1. The molecule has 2 rings (SSSR count). The van der Waals surface area contributed by atoms with Crippen molar-refractivity contribution in [1.29, 1.82) is 0 Å². The van der Waals surface area contributed by atoms with Gasteiger partial charge in [0, 0.05) is 5.69 Å². The minimum atomic E-state index is -0.132. The monoisotopic (exact) mass is 317 g/mol. The lowest BCUT2D eigenvalue weighted by atomic mass is 9.87. The predicted octanol–water partition coefficient (Wildman–Crippen LogP) is 4.84. The van der Waals surface area contributed by atoms with Crippen LogP contribution in [0.5, 0.6) is 0 Å². The first kappa shape index (κ1) is 16.7. The van der Waals surface area contributed by atoms with Gasteiger partial charge in [-0.15, -0.1) is 11.8 Å². The summed E-state index contributed by atoms with van der Waals surface area (Å²) < 4.78 is 5.27. The van der Waals surface area contributed by atoms with E-state index in [-0.39, 0.29) is 16.6 Å². The Labute approximate surface area is 136 Å². The molecule has 0 saturated carbocycles. The van der Waals surface area contributed by atoms with Crippen molar-refractivity contribution < 1.29 is 9.21 Å². The first-order chi connectivity index (χ1) is 10.4. The summed E-state index contributed by atoms with van der Waals surface area (Å²) in [5, 5.41) is 2.83. The fourth-order valence-corrected chi connectivity index (χ4v) is 2.76. The van der Waals surface area contributed by atoms with Gasteiger partial charge in [0.05, 0.1) is 17.3 Å². The molecule has 0 fully saturated rings. The zero-order valence-electron chi connectivity index (χ0n) is 13.6. The third kappa shape index (κ3) is 4.67. The Kier molecular flexibility index (Phi) is 5.35. The van der Waals surface area contributed by atoms with Crippen LogP contribution in [0.4, 0.5) is 5.69 Å². The summed E-state index contributed by atoms with van der Waals surface area (Å²) in [7, 11) is 0. The maximum Gasteiger partial charge on any atom is 0.237 e. The number of thioether (sulfide) groups is 1. The number of amides is 1. The Balaban J connectivity index is 1.88. The second-order valence-electron chi connectivity index (χ2n) is 6.35. The molecule has 118 valence electrons. The van der Waals surface area contributed by atoms with Gasteiger partial charge < -0.3 is 9.73 Å². The van der Waals surface area contributed by atoms with Gasteiger partial charge in [0.15, 0.2) is 0 Å². The normalized spacial score (nSPS) is 12.9. The molecule has 0 aliphatic heterocycles. The van der Waals surface area contributed by atoms with Crippen LogP contribution in [0.3, 0.4) is 0 Å². The topological polar surface area (TPSA) is 42.2 Å². The van der Waals surface area contributed by atoms with E-state index in [9.17, 15) is 4.79 Å². The van der Waals surface area contributed by atoms with Crippen LogP contribution in [0.1, 0.15) is 39.0 Å². The van der Waals surface area contributed by atoms with Crippen molar-refractivity contribution in [2.24, 2.45) is 0 Å².